The van der Waals surface area contributed by atoms with Crippen LogP contribution in [0.2, 0.25) is 0 Å². The number of guanidine groups is 1. The summed E-state index contributed by atoms with van der Waals surface area (Å²) in [6.45, 7) is 0. The van der Waals surface area contributed by atoms with E-state index in [4.69, 9.17) is 11.5 Å². The van der Waals surface area contributed by atoms with Crippen LogP contribution in [0.3, 0.4) is 0 Å². The van der Waals surface area contributed by atoms with Gasteiger partial charge in [0, 0.05) is 3.57 Å². The summed E-state index contributed by atoms with van der Waals surface area (Å²) in [5.74, 6) is -0.325. The molecule has 0 saturated heterocycles. The molecule has 3 nitrogen and oxygen atoms in total. The highest BCUT2D eigenvalue weighted by Gasteiger charge is 1.99. The van der Waals surface area contributed by atoms with Crippen LogP contribution in [0.5, 0.6) is 0 Å². The summed E-state index contributed by atoms with van der Waals surface area (Å²) < 4.78 is 13.3. The minimum atomic E-state index is -0.297. The lowest BCUT2D eigenvalue weighted by atomic mass is 10.3. The van der Waals surface area contributed by atoms with Crippen molar-refractivity contribution in [3.63, 3.8) is 0 Å². The van der Waals surface area contributed by atoms with Gasteiger partial charge in [0.05, 0.1) is 5.69 Å². The van der Waals surface area contributed by atoms with E-state index < -0.39 is 0 Å². The average molecular weight is 279 g/mol. The first-order valence-corrected chi connectivity index (χ1v) is 4.22. The molecule has 0 aliphatic rings. The fourth-order valence-electron chi connectivity index (χ4n) is 0.711. The summed E-state index contributed by atoms with van der Waals surface area (Å²) in [7, 11) is 0. The first-order valence-electron chi connectivity index (χ1n) is 3.14. The van der Waals surface area contributed by atoms with Crippen molar-refractivity contribution in [3.8, 4) is 0 Å². The van der Waals surface area contributed by atoms with E-state index in [-0.39, 0.29) is 11.8 Å². The van der Waals surface area contributed by atoms with Gasteiger partial charge in [-0.05, 0) is 40.8 Å². The third kappa shape index (κ3) is 2.33. The van der Waals surface area contributed by atoms with Crippen molar-refractivity contribution in [2.75, 3.05) is 0 Å². The van der Waals surface area contributed by atoms with Crippen molar-refractivity contribution in [2.24, 2.45) is 16.5 Å². The van der Waals surface area contributed by atoms with Crippen molar-refractivity contribution in [1.29, 1.82) is 0 Å². The Morgan fingerprint density at radius 2 is 2.08 bits per heavy atom. The van der Waals surface area contributed by atoms with Gasteiger partial charge in [0.2, 0.25) is 0 Å². The van der Waals surface area contributed by atoms with Crippen LogP contribution < -0.4 is 11.5 Å². The van der Waals surface area contributed by atoms with Gasteiger partial charge in [0.15, 0.2) is 5.96 Å². The molecule has 0 spiro atoms. The Hall–Kier alpha value is -0.850. The Bertz CT molecular complexity index is 320. The molecule has 12 heavy (non-hydrogen) atoms. The predicted octanol–water partition coefficient (Wildman–Crippen LogP) is 1.34. The van der Waals surface area contributed by atoms with E-state index in [0.29, 0.717) is 9.26 Å². The SMILES string of the molecule is NC(N)=Nc1ccc(F)cc1I. The number of nitrogens with zero attached hydrogens (tertiary/aromatic N) is 1. The molecule has 0 heterocycles. The lowest BCUT2D eigenvalue weighted by Gasteiger charge is -1.98. The Morgan fingerprint density at radius 1 is 1.42 bits per heavy atom. The zero-order valence-corrected chi connectivity index (χ0v) is 8.25. The molecule has 1 aromatic rings. The topological polar surface area (TPSA) is 64.4 Å². The van der Waals surface area contributed by atoms with Crippen LogP contribution in [0.25, 0.3) is 0 Å². The van der Waals surface area contributed by atoms with Crippen LogP contribution in [-0.4, -0.2) is 5.96 Å². The van der Waals surface area contributed by atoms with Crippen molar-refractivity contribution in [3.05, 3.63) is 27.6 Å². The Kier molecular flexibility index (Phi) is 2.85. The predicted molar refractivity (Wildman–Crippen MR) is 54.6 cm³/mol. The van der Waals surface area contributed by atoms with E-state index in [1.54, 1.807) is 0 Å². The van der Waals surface area contributed by atoms with E-state index in [0.717, 1.165) is 0 Å². The normalized spacial score (nSPS) is 9.50. The van der Waals surface area contributed by atoms with Gasteiger partial charge in [-0.3, -0.25) is 0 Å². The quantitative estimate of drug-likeness (QED) is 0.463. The lowest BCUT2D eigenvalue weighted by molar-refractivity contribution is 0.627. The fraction of sp³-hybridized carbons (Fsp3) is 0. The maximum atomic E-state index is 12.6. The number of hydrogen-bond acceptors (Lipinski definition) is 1. The minimum Gasteiger partial charge on any atom is -0.370 e. The summed E-state index contributed by atoms with van der Waals surface area (Å²) in [5, 5.41) is 0. The van der Waals surface area contributed by atoms with E-state index in [9.17, 15) is 4.39 Å². The average Bonchev–Trinajstić information content (AvgIpc) is 1.94. The van der Waals surface area contributed by atoms with Gasteiger partial charge in [0.1, 0.15) is 5.82 Å². The van der Waals surface area contributed by atoms with Crippen LogP contribution >= 0.6 is 22.6 Å². The van der Waals surface area contributed by atoms with Gasteiger partial charge >= 0.3 is 0 Å². The van der Waals surface area contributed by atoms with E-state index >= 15 is 0 Å². The molecular weight excluding hydrogens is 272 g/mol. The summed E-state index contributed by atoms with van der Waals surface area (Å²) in [5.41, 5.74) is 10.9. The van der Waals surface area contributed by atoms with Gasteiger partial charge in [0.25, 0.3) is 0 Å². The van der Waals surface area contributed by atoms with E-state index in [1.165, 1.54) is 18.2 Å². The van der Waals surface area contributed by atoms with Crippen molar-refractivity contribution >= 4 is 34.2 Å². The molecule has 0 bridgehead atoms. The van der Waals surface area contributed by atoms with Gasteiger partial charge in [-0.2, -0.15) is 0 Å². The molecule has 0 aromatic heterocycles. The number of halogens is 2. The van der Waals surface area contributed by atoms with E-state index in [1.807, 2.05) is 22.6 Å². The van der Waals surface area contributed by atoms with Crippen LogP contribution in [0, 0.1) is 9.39 Å². The fourth-order valence-corrected chi connectivity index (χ4v) is 1.31. The Balaban J connectivity index is 3.10. The molecule has 0 radical (unpaired) electrons. The number of rotatable bonds is 1. The molecular formula is C7H7FIN3. The number of hydrogen-bond donors (Lipinski definition) is 2. The summed E-state index contributed by atoms with van der Waals surface area (Å²) in [6, 6.07) is 4.20. The summed E-state index contributed by atoms with van der Waals surface area (Å²) in [4.78, 5) is 3.80. The second kappa shape index (κ2) is 3.70. The molecule has 0 saturated carbocycles. The highest BCUT2D eigenvalue weighted by atomic mass is 127. The molecule has 0 unspecified atom stereocenters. The standard InChI is InChI=1S/C7H7FIN3/c8-4-1-2-6(5(9)3-4)12-7(10)11/h1-3H,(H4,10,11,12). The van der Waals surface area contributed by atoms with Crippen LogP contribution in [-0.2, 0) is 0 Å². The minimum absolute atomic E-state index is 0.0282. The maximum absolute atomic E-state index is 12.6. The highest BCUT2D eigenvalue weighted by Crippen LogP contribution is 2.21. The molecule has 0 aliphatic heterocycles. The smallest absolute Gasteiger partial charge is 0.191 e. The largest absolute Gasteiger partial charge is 0.370 e. The van der Waals surface area contributed by atoms with Crippen LogP contribution in [0.15, 0.2) is 23.2 Å². The summed E-state index contributed by atoms with van der Waals surface area (Å²) >= 11 is 1.96. The molecule has 1 aromatic carbocycles. The van der Waals surface area contributed by atoms with Crippen LogP contribution in [0.4, 0.5) is 10.1 Å². The molecule has 4 N–H and O–H groups in total. The highest BCUT2D eigenvalue weighted by molar-refractivity contribution is 14.1. The number of nitrogens with two attached hydrogens (primary N) is 2. The third-order valence-electron chi connectivity index (χ3n) is 1.16. The van der Waals surface area contributed by atoms with Crippen molar-refractivity contribution in [2.45, 2.75) is 0 Å². The molecule has 0 fully saturated rings. The maximum Gasteiger partial charge on any atom is 0.191 e. The Morgan fingerprint density at radius 3 is 2.58 bits per heavy atom. The van der Waals surface area contributed by atoms with E-state index in [2.05, 4.69) is 4.99 Å². The lowest BCUT2D eigenvalue weighted by Crippen LogP contribution is -2.22. The second-order valence-electron chi connectivity index (χ2n) is 2.13. The first kappa shape index (κ1) is 9.24. The van der Waals surface area contributed by atoms with Crippen LogP contribution in [0.1, 0.15) is 0 Å². The molecule has 0 atom stereocenters. The monoisotopic (exact) mass is 279 g/mol. The summed E-state index contributed by atoms with van der Waals surface area (Å²) in [6.07, 6.45) is 0. The molecule has 64 valence electrons. The second-order valence-corrected chi connectivity index (χ2v) is 3.29. The van der Waals surface area contributed by atoms with Gasteiger partial charge < -0.3 is 11.5 Å². The Labute approximate surface area is 82.8 Å². The van der Waals surface area contributed by atoms with Crippen molar-refractivity contribution in [1.82, 2.24) is 0 Å². The zero-order valence-electron chi connectivity index (χ0n) is 6.09. The molecule has 0 amide bonds. The van der Waals surface area contributed by atoms with Gasteiger partial charge in [-0.25, -0.2) is 9.38 Å². The van der Waals surface area contributed by atoms with Gasteiger partial charge in [-0.15, -0.1) is 0 Å². The molecule has 1 rings (SSSR count). The number of benzene rings is 1. The van der Waals surface area contributed by atoms with Crippen molar-refractivity contribution < 1.29 is 4.39 Å². The van der Waals surface area contributed by atoms with Gasteiger partial charge in [-0.1, -0.05) is 0 Å². The zero-order chi connectivity index (χ0) is 9.14. The number of aliphatic imine (C=N–C) groups is 1. The molecule has 5 heteroatoms. The first-order chi connectivity index (χ1) is 5.59. The third-order valence-corrected chi connectivity index (χ3v) is 2.02. The molecule has 0 aliphatic carbocycles.